The van der Waals surface area contributed by atoms with Gasteiger partial charge in [0, 0.05) is 30.1 Å². The molecule has 0 aliphatic carbocycles. The molecule has 1 aliphatic heterocycles. The Kier molecular flexibility index (Phi) is 5.46. The second-order valence-corrected chi connectivity index (χ2v) is 7.87. The Labute approximate surface area is 180 Å². The van der Waals surface area contributed by atoms with Crippen molar-refractivity contribution in [3.8, 4) is 0 Å². The smallest absolute Gasteiger partial charge is 0.329 e. The first-order chi connectivity index (χ1) is 14.9. The number of carbonyl (C=O) groups is 3. The summed E-state index contributed by atoms with van der Waals surface area (Å²) in [5.41, 5.74) is 3.74. The van der Waals surface area contributed by atoms with Crippen LogP contribution in [0.25, 0.3) is 10.9 Å². The highest BCUT2D eigenvalue weighted by atomic mass is 16.5. The van der Waals surface area contributed by atoms with Crippen molar-refractivity contribution in [3.63, 3.8) is 0 Å². The number of aromatic nitrogens is 1. The fourth-order valence-electron chi connectivity index (χ4n) is 4.03. The highest BCUT2D eigenvalue weighted by Crippen LogP contribution is 2.29. The van der Waals surface area contributed by atoms with E-state index in [-0.39, 0.29) is 6.42 Å². The van der Waals surface area contributed by atoms with E-state index in [1.807, 2.05) is 44.3 Å². The summed E-state index contributed by atoms with van der Waals surface area (Å²) in [6, 6.07) is 13.5. The Morgan fingerprint density at radius 1 is 1.00 bits per heavy atom. The third-order valence-electron chi connectivity index (χ3n) is 5.59. The summed E-state index contributed by atoms with van der Waals surface area (Å²) in [6.07, 6.45) is 4.29. The second-order valence-electron chi connectivity index (χ2n) is 7.87. The summed E-state index contributed by atoms with van der Waals surface area (Å²) in [5.74, 6) is -1.55. The lowest BCUT2D eigenvalue weighted by Gasteiger charge is -2.23. The number of para-hydroxylation sites is 1. The molecule has 3 aromatic rings. The average Bonchev–Trinajstić information content (AvgIpc) is 3.25. The van der Waals surface area contributed by atoms with E-state index in [1.54, 1.807) is 24.3 Å². The number of amides is 2. The van der Waals surface area contributed by atoms with Gasteiger partial charge in [-0.25, -0.2) is 4.79 Å². The van der Waals surface area contributed by atoms with Gasteiger partial charge in [-0.05, 0) is 37.6 Å². The minimum absolute atomic E-state index is 0.181. The number of hydrogen-bond acceptors (Lipinski definition) is 4. The molecule has 1 atom stereocenters. The summed E-state index contributed by atoms with van der Waals surface area (Å²) in [6.45, 7) is 4.78. The molecule has 6 nitrogen and oxygen atoms in total. The molecule has 0 radical (unpaired) electrons. The van der Waals surface area contributed by atoms with Crippen molar-refractivity contribution >= 4 is 28.7 Å². The van der Waals surface area contributed by atoms with Crippen LogP contribution in [0.2, 0.25) is 0 Å². The van der Waals surface area contributed by atoms with Crippen molar-refractivity contribution in [1.82, 2.24) is 9.47 Å². The summed E-state index contributed by atoms with van der Waals surface area (Å²) in [7, 11) is 1.27. The molecule has 0 saturated heterocycles. The van der Waals surface area contributed by atoms with E-state index in [4.69, 9.17) is 4.74 Å². The molecule has 0 bridgehead atoms. The zero-order chi connectivity index (χ0) is 22.1. The van der Waals surface area contributed by atoms with Crippen LogP contribution in [-0.2, 0) is 22.5 Å². The standard InChI is InChI=1S/C25H24N2O4/c1-16(2)12-13-26-15-17(18-8-6-7-11-21(18)26)14-22(25(30)31-3)27-23(28)19-9-4-5-10-20(19)24(27)29/h4-12,15,22H,13-14H2,1-3H3/t22-/m0/s1. The van der Waals surface area contributed by atoms with Gasteiger partial charge in [0.25, 0.3) is 11.8 Å². The molecule has 6 heteroatoms. The Hall–Kier alpha value is -3.67. The molecule has 0 fully saturated rings. The van der Waals surface area contributed by atoms with Gasteiger partial charge in [-0.15, -0.1) is 0 Å². The van der Waals surface area contributed by atoms with Crippen LogP contribution in [0.4, 0.5) is 0 Å². The third kappa shape index (κ3) is 3.65. The summed E-state index contributed by atoms with van der Waals surface area (Å²) >= 11 is 0. The molecular formula is C25H24N2O4. The monoisotopic (exact) mass is 416 g/mol. The molecule has 0 unspecified atom stereocenters. The van der Waals surface area contributed by atoms with Crippen LogP contribution >= 0.6 is 0 Å². The first kappa shape index (κ1) is 20.6. The highest BCUT2D eigenvalue weighted by Gasteiger charge is 2.43. The number of methoxy groups -OCH3 is 1. The minimum atomic E-state index is -1.04. The van der Waals surface area contributed by atoms with E-state index in [0.717, 1.165) is 21.4 Å². The topological polar surface area (TPSA) is 68.6 Å². The normalized spacial score (nSPS) is 14.0. The van der Waals surface area contributed by atoms with E-state index < -0.39 is 23.8 Å². The van der Waals surface area contributed by atoms with Crippen LogP contribution in [-0.4, -0.2) is 40.4 Å². The summed E-state index contributed by atoms with van der Waals surface area (Å²) in [5, 5.41) is 0.982. The maximum absolute atomic E-state index is 13.0. The average molecular weight is 416 g/mol. The number of carbonyl (C=O) groups excluding carboxylic acids is 3. The van der Waals surface area contributed by atoms with Crippen molar-refractivity contribution in [3.05, 3.63) is 83.1 Å². The molecule has 1 aromatic heterocycles. The van der Waals surface area contributed by atoms with E-state index in [2.05, 4.69) is 10.6 Å². The zero-order valence-electron chi connectivity index (χ0n) is 17.8. The number of nitrogens with zero attached hydrogens (tertiary/aromatic N) is 2. The Morgan fingerprint density at radius 2 is 1.61 bits per heavy atom. The van der Waals surface area contributed by atoms with Gasteiger partial charge >= 0.3 is 5.97 Å². The summed E-state index contributed by atoms with van der Waals surface area (Å²) in [4.78, 5) is 39.7. The number of ether oxygens (including phenoxy) is 1. The van der Waals surface area contributed by atoms with Crippen molar-refractivity contribution in [2.24, 2.45) is 0 Å². The maximum Gasteiger partial charge on any atom is 0.329 e. The number of benzene rings is 2. The predicted molar refractivity (Wildman–Crippen MR) is 118 cm³/mol. The van der Waals surface area contributed by atoms with E-state index in [1.165, 1.54) is 12.7 Å². The fourth-order valence-corrected chi connectivity index (χ4v) is 4.03. The number of imide groups is 1. The van der Waals surface area contributed by atoms with E-state index in [9.17, 15) is 14.4 Å². The van der Waals surface area contributed by atoms with E-state index >= 15 is 0 Å². The van der Waals surface area contributed by atoms with Crippen LogP contribution in [0.15, 0.2) is 66.4 Å². The number of rotatable bonds is 6. The Morgan fingerprint density at radius 3 is 2.23 bits per heavy atom. The summed E-state index contributed by atoms with van der Waals surface area (Å²) < 4.78 is 7.09. The number of esters is 1. The Bertz CT molecular complexity index is 1180. The molecule has 31 heavy (non-hydrogen) atoms. The quantitative estimate of drug-likeness (QED) is 0.346. The first-order valence-corrected chi connectivity index (χ1v) is 10.2. The van der Waals surface area contributed by atoms with Crippen LogP contribution < -0.4 is 0 Å². The molecule has 0 saturated carbocycles. The molecule has 0 spiro atoms. The molecule has 0 N–H and O–H groups in total. The van der Waals surface area contributed by atoms with Gasteiger partial charge in [0.15, 0.2) is 0 Å². The van der Waals surface area contributed by atoms with Crippen molar-refractivity contribution < 1.29 is 19.1 Å². The Balaban J connectivity index is 1.74. The zero-order valence-corrected chi connectivity index (χ0v) is 17.8. The molecule has 2 amide bonds. The lowest BCUT2D eigenvalue weighted by Crippen LogP contribution is -2.46. The molecule has 2 heterocycles. The van der Waals surface area contributed by atoms with Gasteiger partial charge in [0.2, 0.25) is 0 Å². The van der Waals surface area contributed by atoms with Crippen molar-refractivity contribution in [2.75, 3.05) is 7.11 Å². The van der Waals surface area contributed by atoms with Gasteiger partial charge in [-0.2, -0.15) is 0 Å². The highest BCUT2D eigenvalue weighted by molar-refractivity contribution is 6.22. The van der Waals surface area contributed by atoms with Gasteiger partial charge < -0.3 is 9.30 Å². The predicted octanol–water partition coefficient (Wildman–Crippen LogP) is 3.99. The van der Waals surface area contributed by atoms with Crippen LogP contribution in [0, 0.1) is 0 Å². The van der Waals surface area contributed by atoms with Crippen molar-refractivity contribution in [1.29, 1.82) is 0 Å². The third-order valence-corrected chi connectivity index (χ3v) is 5.59. The van der Waals surface area contributed by atoms with Crippen molar-refractivity contribution in [2.45, 2.75) is 32.9 Å². The first-order valence-electron chi connectivity index (χ1n) is 10.2. The molecule has 158 valence electrons. The van der Waals surface area contributed by atoms with Gasteiger partial charge in [-0.1, -0.05) is 42.0 Å². The number of fused-ring (bicyclic) bond motifs is 2. The van der Waals surface area contributed by atoms with Crippen LogP contribution in [0.5, 0.6) is 0 Å². The largest absolute Gasteiger partial charge is 0.467 e. The van der Waals surface area contributed by atoms with Gasteiger partial charge in [-0.3, -0.25) is 14.5 Å². The fraction of sp³-hybridized carbons (Fsp3) is 0.240. The minimum Gasteiger partial charge on any atom is -0.467 e. The number of allylic oxidation sites excluding steroid dienone is 2. The second kappa shape index (κ2) is 8.22. The van der Waals surface area contributed by atoms with Crippen LogP contribution in [0.3, 0.4) is 0 Å². The molecular weight excluding hydrogens is 392 g/mol. The van der Waals surface area contributed by atoms with E-state index in [0.29, 0.717) is 17.7 Å². The lowest BCUT2D eigenvalue weighted by molar-refractivity contribution is -0.145. The maximum atomic E-state index is 13.0. The van der Waals surface area contributed by atoms with Crippen LogP contribution in [0.1, 0.15) is 40.1 Å². The molecule has 4 rings (SSSR count). The molecule has 1 aliphatic rings. The van der Waals surface area contributed by atoms with Gasteiger partial charge in [0.1, 0.15) is 6.04 Å². The molecule has 2 aromatic carbocycles. The van der Waals surface area contributed by atoms with Gasteiger partial charge in [0.05, 0.1) is 18.2 Å². The lowest BCUT2D eigenvalue weighted by atomic mass is 10.0. The number of hydrogen-bond donors (Lipinski definition) is 0. The SMILES string of the molecule is COC(=O)[C@H](Cc1cn(CC=C(C)C)c2ccccc12)N1C(=O)c2ccccc2C1=O.